The average Bonchev–Trinajstić information content (AvgIpc) is 2.33. The van der Waals surface area contributed by atoms with Crippen LogP contribution in [0, 0.1) is 5.92 Å². The van der Waals surface area contributed by atoms with E-state index < -0.39 is 0 Å². The molecule has 1 aromatic rings. The monoisotopic (exact) mass is 207 g/mol. The fourth-order valence-corrected chi connectivity index (χ4v) is 2.21. The van der Waals surface area contributed by atoms with Crippen LogP contribution >= 0.6 is 0 Å². The van der Waals surface area contributed by atoms with Crippen molar-refractivity contribution >= 4 is 0 Å². The third-order valence-corrected chi connectivity index (χ3v) is 3.01. The van der Waals surface area contributed by atoms with E-state index in [1.807, 2.05) is 19.3 Å². The van der Waals surface area contributed by atoms with Gasteiger partial charge in [-0.1, -0.05) is 0 Å². The summed E-state index contributed by atoms with van der Waals surface area (Å²) in [4.78, 5) is 0. The number of rotatable bonds is 3. The van der Waals surface area contributed by atoms with Gasteiger partial charge in [-0.15, -0.1) is 0 Å². The van der Waals surface area contributed by atoms with E-state index in [-0.39, 0.29) is 0 Å². The summed E-state index contributed by atoms with van der Waals surface area (Å²) in [5.41, 5.74) is 1.22. The first-order valence-corrected chi connectivity index (χ1v) is 5.43. The highest BCUT2D eigenvalue weighted by Gasteiger charge is 2.24. The van der Waals surface area contributed by atoms with Crippen molar-refractivity contribution in [2.24, 2.45) is 5.92 Å². The Hall–Kier alpha value is -1.00. The first-order chi connectivity index (χ1) is 7.42. The quantitative estimate of drug-likeness (QED) is 0.808. The normalized spacial score (nSPS) is 20.1. The van der Waals surface area contributed by atoms with E-state index in [2.05, 4.69) is 15.5 Å². The largest absolute Gasteiger partial charge is 0.381 e. The maximum Gasteiger partial charge on any atom is 0.0544 e. The summed E-state index contributed by atoms with van der Waals surface area (Å²) in [6.07, 6.45) is 5.83. The molecule has 0 radical (unpaired) electrons. The number of aromatic nitrogens is 2. The van der Waals surface area contributed by atoms with E-state index >= 15 is 0 Å². The first-order valence-electron chi connectivity index (χ1n) is 5.43. The summed E-state index contributed by atoms with van der Waals surface area (Å²) < 4.78 is 5.37. The molecule has 0 spiro atoms. The molecule has 4 nitrogen and oxygen atoms in total. The molecular weight excluding hydrogens is 190 g/mol. The van der Waals surface area contributed by atoms with E-state index in [1.54, 1.807) is 6.20 Å². The lowest BCUT2D eigenvalue weighted by molar-refractivity contribution is 0.0545. The van der Waals surface area contributed by atoms with Crippen LogP contribution in [-0.2, 0) is 4.74 Å². The fourth-order valence-electron chi connectivity index (χ4n) is 2.21. The Labute approximate surface area is 90.1 Å². The molecular formula is C11H17N3O. The van der Waals surface area contributed by atoms with Crippen molar-refractivity contribution in [3.63, 3.8) is 0 Å². The number of ether oxygens (including phenoxy) is 1. The van der Waals surface area contributed by atoms with Crippen molar-refractivity contribution in [3.8, 4) is 0 Å². The Balaban J connectivity index is 2.09. The second-order valence-corrected chi connectivity index (χ2v) is 3.89. The highest BCUT2D eigenvalue weighted by molar-refractivity contribution is 5.12. The van der Waals surface area contributed by atoms with E-state index in [9.17, 15) is 0 Å². The zero-order valence-corrected chi connectivity index (χ0v) is 9.02. The van der Waals surface area contributed by atoms with Crippen molar-refractivity contribution in [2.75, 3.05) is 20.3 Å². The zero-order chi connectivity index (χ0) is 10.5. The second-order valence-electron chi connectivity index (χ2n) is 3.89. The van der Waals surface area contributed by atoms with Crippen LogP contribution < -0.4 is 5.32 Å². The van der Waals surface area contributed by atoms with Crippen LogP contribution in [0.15, 0.2) is 18.5 Å². The van der Waals surface area contributed by atoms with Crippen molar-refractivity contribution in [2.45, 2.75) is 18.9 Å². The fraction of sp³-hybridized carbons (Fsp3) is 0.636. The predicted molar refractivity (Wildman–Crippen MR) is 57.4 cm³/mol. The Bertz CT molecular complexity index is 285. The van der Waals surface area contributed by atoms with Gasteiger partial charge in [-0.25, -0.2) is 0 Å². The molecule has 0 bridgehead atoms. The molecule has 2 rings (SSSR count). The summed E-state index contributed by atoms with van der Waals surface area (Å²) in [5, 5.41) is 11.1. The van der Waals surface area contributed by atoms with Crippen molar-refractivity contribution in [1.82, 2.24) is 15.5 Å². The molecule has 2 heterocycles. The Morgan fingerprint density at radius 1 is 1.40 bits per heavy atom. The molecule has 0 aliphatic carbocycles. The van der Waals surface area contributed by atoms with Crippen LogP contribution in [0.5, 0.6) is 0 Å². The molecule has 1 atom stereocenters. The minimum Gasteiger partial charge on any atom is -0.381 e. The summed E-state index contributed by atoms with van der Waals surface area (Å²) in [5.74, 6) is 0.646. The van der Waals surface area contributed by atoms with Crippen molar-refractivity contribution in [1.29, 1.82) is 0 Å². The highest BCUT2D eigenvalue weighted by atomic mass is 16.5. The van der Waals surface area contributed by atoms with Gasteiger partial charge in [0.1, 0.15) is 0 Å². The zero-order valence-electron chi connectivity index (χ0n) is 9.02. The summed E-state index contributed by atoms with van der Waals surface area (Å²) in [6.45, 7) is 1.75. The minimum absolute atomic E-state index is 0.379. The molecule has 1 aromatic heterocycles. The van der Waals surface area contributed by atoms with E-state index in [0.29, 0.717) is 12.0 Å². The first kappa shape index (κ1) is 10.5. The minimum atomic E-state index is 0.379. The van der Waals surface area contributed by atoms with Crippen LogP contribution in [0.2, 0.25) is 0 Å². The summed E-state index contributed by atoms with van der Waals surface area (Å²) in [6, 6.07) is 2.41. The molecule has 15 heavy (non-hydrogen) atoms. The van der Waals surface area contributed by atoms with Gasteiger partial charge in [-0.05, 0) is 37.4 Å². The molecule has 4 heteroatoms. The molecule has 82 valence electrons. The van der Waals surface area contributed by atoms with Gasteiger partial charge in [0.2, 0.25) is 0 Å². The molecule has 0 saturated carbocycles. The Morgan fingerprint density at radius 3 is 2.80 bits per heavy atom. The lowest BCUT2D eigenvalue weighted by Gasteiger charge is -2.30. The number of hydrogen-bond donors (Lipinski definition) is 1. The lowest BCUT2D eigenvalue weighted by Crippen LogP contribution is -2.30. The Kier molecular flexibility index (Phi) is 3.64. The van der Waals surface area contributed by atoms with Crippen LogP contribution in [0.1, 0.15) is 24.4 Å². The number of nitrogens with one attached hydrogen (secondary N) is 1. The summed E-state index contributed by atoms with van der Waals surface area (Å²) >= 11 is 0. The lowest BCUT2D eigenvalue weighted by atomic mass is 9.88. The third kappa shape index (κ3) is 2.52. The molecule has 0 aromatic carbocycles. The molecule has 1 N–H and O–H groups in total. The van der Waals surface area contributed by atoms with Gasteiger partial charge in [0.05, 0.1) is 6.20 Å². The van der Waals surface area contributed by atoms with E-state index in [0.717, 1.165) is 26.1 Å². The maximum absolute atomic E-state index is 5.37. The van der Waals surface area contributed by atoms with Crippen LogP contribution in [-0.4, -0.2) is 30.5 Å². The third-order valence-electron chi connectivity index (χ3n) is 3.01. The topological polar surface area (TPSA) is 47.0 Å². The standard InChI is InChI=1S/C11H17N3O/c1-12-11(9-3-6-15-7-4-9)10-2-5-13-14-8-10/h2,5,8-9,11-12H,3-4,6-7H2,1H3. The SMILES string of the molecule is CNC(c1ccnnc1)C1CCOCC1. The summed E-state index contributed by atoms with van der Waals surface area (Å²) in [7, 11) is 2.00. The molecule has 1 aliphatic rings. The van der Waals surface area contributed by atoms with Crippen LogP contribution in [0.25, 0.3) is 0 Å². The van der Waals surface area contributed by atoms with Crippen LogP contribution in [0.3, 0.4) is 0 Å². The molecule has 1 unspecified atom stereocenters. The number of nitrogens with zero attached hydrogens (tertiary/aromatic N) is 2. The van der Waals surface area contributed by atoms with Crippen molar-refractivity contribution < 1.29 is 4.74 Å². The van der Waals surface area contributed by atoms with Gasteiger partial charge >= 0.3 is 0 Å². The predicted octanol–water partition coefficient (Wildman–Crippen LogP) is 1.16. The van der Waals surface area contributed by atoms with E-state index in [4.69, 9.17) is 4.74 Å². The highest BCUT2D eigenvalue weighted by Crippen LogP contribution is 2.28. The smallest absolute Gasteiger partial charge is 0.0544 e. The molecule has 1 fully saturated rings. The number of hydrogen-bond acceptors (Lipinski definition) is 4. The molecule has 0 amide bonds. The Morgan fingerprint density at radius 2 is 2.20 bits per heavy atom. The van der Waals surface area contributed by atoms with Crippen molar-refractivity contribution in [3.05, 3.63) is 24.0 Å². The van der Waals surface area contributed by atoms with Gasteiger partial charge in [-0.2, -0.15) is 10.2 Å². The average molecular weight is 207 g/mol. The van der Waals surface area contributed by atoms with Gasteiger partial charge in [-0.3, -0.25) is 0 Å². The van der Waals surface area contributed by atoms with Gasteiger partial charge < -0.3 is 10.1 Å². The van der Waals surface area contributed by atoms with E-state index in [1.165, 1.54) is 5.56 Å². The second kappa shape index (κ2) is 5.19. The van der Waals surface area contributed by atoms with Gasteiger partial charge in [0, 0.05) is 25.5 Å². The van der Waals surface area contributed by atoms with Gasteiger partial charge in [0.25, 0.3) is 0 Å². The molecule has 1 aliphatic heterocycles. The molecule has 1 saturated heterocycles. The maximum atomic E-state index is 5.37. The van der Waals surface area contributed by atoms with Crippen LogP contribution in [0.4, 0.5) is 0 Å². The van der Waals surface area contributed by atoms with Gasteiger partial charge in [0.15, 0.2) is 0 Å².